The van der Waals surface area contributed by atoms with Gasteiger partial charge in [0.25, 0.3) is 0 Å². The number of nitrogens with zero attached hydrogens (tertiary/aromatic N) is 1. The van der Waals surface area contributed by atoms with Gasteiger partial charge >= 0.3 is 0 Å². The molecule has 2 aliphatic rings. The molecule has 2 heterocycles. The molecule has 6 heteroatoms. The maximum absolute atomic E-state index is 13.1. The highest BCUT2D eigenvalue weighted by Gasteiger charge is 2.45. The van der Waals surface area contributed by atoms with Crippen LogP contribution in [0, 0.1) is 0 Å². The van der Waals surface area contributed by atoms with E-state index < -0.39 is 0 Å². The molecular formula is C22H33N3O2S. The van der Waals surface area contributed by atoms with E-state index in [2.05, 4.69) is 24.5 Å². The lowest BCUT2D eigenvalue weighted by Gasteiger charge is -2.40. The molecule has 28 heavy (non-hydrogen) atoms. The number of hydrogen-bond donors (Lipinski definition) is 2. The Labute approximate surface area is 173 Å². The number of carbonyl (C=O) groups is 2. The Hall–Kier alpha value is -1.53. The predicted molar refractivity (Wildman–Crippen MR) is 115 cm³/mol. The van der Waals surface area contributed by atoms with Gasteiger partial charge in [-0.2, -0.15) is 0 Å². The minimum absolute atomic E-state index is 0.0616. The van der Waals surface area contributed by atoms with E-state index in [1.165, 1.54) is 0 Å². The van der Waals surface area contributed by atoms with Crippen LogP contribution in [0.25, 0.3) is 0 Å². The molecule has 3 unspecified atom stereocenters. The molecular weight excluding hydrogens is 370 g/mol. The van der Waals surface area contributed by atoms with Gasteiger partial charge in [0.15, 0.2) is 0 Å². The number of hydrogen-bond acceptors (Lipinski definition) is 4. The van der Waals surface area contributed by atoms with Crippen LogP contribution in [0.4, 0.5) is 0 Å². The van der Waals surface area contributed by atoms with Crippen LogP contribution < -0.4 is 10.6 Å². The summed E-state index contributed by atoms with van der Waals surface area (Å²) in [5, 5.41) is 6.66. The molecule has 5 nitrogen and oxygen atoms in total. The van der Waals surface area contributed by atoms with Crippen molar-refractivity contribution in [1.29, 1.82) is 0 Å². The Bertz CT molecular complexity index is 674. The van der Waals surface area contributed by atoms with Crippen molar-refractivity contribution in [2.75, 3.05) is 18.8 Å². The van der Waals surface area contributed by atoms with Crippen LogP contribution in [-0.2, 0) is 9.59 Å². The van der Waals surface area contributed by atoms with Gasteiger partial charge in [-0.1, -0.05) is 44.2 Å². The second kappa shape index (κ2) is 9.31. The lowest BCUT2D eigenvalue weighted by molar-refractivity contribution is -0.134. The third-order valence-corrected chi connectivity index (χ3v) is 7.65. The number of amides is 2. The van der Waals surface area contributed by atoms with Gasteiger partial charge in [-0.25, -0.2) is 0 Å². The Morgan fingerprint density at radius 2 is 1.89 bits per heavy atom. The van der Waals surface area contributed by atoms with E-state index in [0.29, 0.717) is 0 Å². The second-order valence-corrected chi connectivity index (χ2v) is 9.42. The summed E-state index contributed by atoms with van der Waals surface area (Å²) in [5.41, 5.74) is 1.10. The van der Waals surface area contributed by atoms with Crippen LogP contribution in [0.5, 0.6) is 0 Å². The summed E-state index contributed by atoms with van der Waals surface area (Å²) in [5.74, 6) is 1.08. The fourth-order valence-electron chi connectivity index (χ4n) is 4.07. The van der Waals surface area contributed by atoms with Gasteiger partial charge in [0.05, 0.1) is 16.8 Å². The van der Waals surface area contributed by atoms with Crippen molar-refractivity contribution in [2.45, 2.75) is 69.3 Å². The number of carbonyl (C=O) groups excluding carboxylic acids is 2. The molecule has 0 saturated carbocycles. The fraction of sp³-hybridized carbons (Fsp3) is 0.636. The lowest BCUT2D eigenvalue weighted by atomic mass is 9.93. The van der Waals surface area contributed by atoms with Crippen molar-refractivity contribution in [2.24, 2.45) is 0 Å². The molecule has 1 spiro atoms. The van der Waals surface area contributed by atoms with Gasteiger partial charge in [-0.05, 0) is 38.2 Å². The summed E-state index contributed by atoms with van der Waals surface area (Å²) >= 11 is 1.85. The molecule has 2 aliphatic heterocycles. The molecule has 2 amide bonds. The zero-order valence-corrected chi connectivity index (χ0v) is 18.1. The van der Waals surface area contributed by atoms with Gasteiger partial charge in [-0.3, -0.25) is 14.9 Å². The zero-order chi connectivity index (χ0) is 20.1. The first-order valence-corrected chi connectivity index (χ1v) is 11.5. The monoisotopic (exact) mass is 403 g/mol. The first kappa shape index (κ1) is 21.2. The first-order chi connectivity index (χ1) is 13.5. The molecule has 154 valence electrons. The van der Waals surface area contributed by atoms with E-state index >= 15 is 0 Å². The van der Waals surface area contributed by atoms with Crippen LogP contribution in [0.2, 0.25) is 0 Å². The van der Waals surface area contributed by atoms with Crippen LogP contribution in [0.15, 0.2) is 30.3 Å². The molecule has 3 rings (SSSR count). The third kappa shape index (κ3) is 4.71. The van der Waals surface area contributed by atoms with Crippen molar-refractivity contribution in [3.8, 4) is 0 Å². The average Bonchev–Trinajstić information content (AvgIpc) is 3.13. The quantitative estimate of drug-likeness (QED) is 0.766. The van der Waals surface area contributed by atoms with Gasteiger partial charge < -0.3 is 10.2 Å². The normalized spacial score (nSPS) is 23.4. The highest BCUT2D eigenvalue weighted by Crippen LogP contribution is 2.40. The number of rotatable bonds is 6. The highest BCUT2D eigenvalue weighted by atomic mass is 32.2. The van der Waals surface area contributed by atoms with Crippen molar-refractivity contribution >= 4 is 23.6 Å². The van der Waals surface area contributed by atoms with Crippen LogP contribution in [-0.4, -0.2) is 52.5 Å². The van der Waals surface area contributed by atoms with E-state index in [4.69, 9.17) is 0 Å². The van der Waals surface area contributed by atoms with Gasteiger partial charge in [0.1, 0.15) is 0 Å². The van der Waals surface area contributed by atoms with Crippen LogP contribution >= 0.6 is 11.8 Å². The molecule has 0 radical (unpaired) electrons. The predicted octanol–water partition coefficient (Wildman–Crippen LogP) is 3.12. The van der Waals surface area contributed by atoms with E-state index in [1.807, 2.05) is 53.9 Å². The summed E-state index contributed by atoms with van der Waals surface area (Å²) in [7, 11) is 0. The van der Waals surface area contributed by atoms with Gasteiger partial charge in [0, 0.05) is 24.9 Å². The third-order valence-electron chi connectivity index (χ3n) is 6.07. The van der Waals surface area contributed by atoms with Crippen molar-refractivity contribution < 1.29 is 9.59 Å². The Morgan fingerprint density at radius 1 is 1.21 bits per heavy atom. The molecule has 1 aromatic carbocycles. The topological polar surface area (TPSA) is 61.4 Å². The van der Waals surface area contributed by atoms with Crippen molar-refractivity contribution in [3.63, 3.8) is 0 Å². The van der Waals surface area contributed by atoms with Crippen molar-refractivity contribution in [1.82, 2.24) is 15.5 Å². The Balaban J connectivity index is 1.55. The molecule has 2 fully saturated rings. The maximum atomic E-state index is 13.1. The number of benzene rings is 1. The standard InChI is InChI=1S/C22H33N3O2S/c1-4-16(3)23-20(26)19-15-28-22(24-19)11-13-25(14-12-22)21(27)18(5-2)17-9-7-6-8-10-17/h6-10,16,18-19,24H,4-5,11-15H2,1-3H3,(H,23,26). The summed E-state index contributed by atoms with van der Waals surface area (Å²) in [6.07, 6.45) is 3.53. The number of piperidine rings is 1. The van der Waals surface area contributed by atoms with E-state index in [-0.39, 0.29) is 34.7 Å². The van der Waals surface area contributed by atoms with Crippen molar-refractivity contribution in [3.05, 3.63) is 35.9 Å². The van der Waals surface area contributed by atoms with E-state index in [9.17, 15) is 9.59 Å². The maximum Gasteiger partial charge on any atom is 0.238 e. The fourth-order valence-corrected chi connectivity index (χ4v) is 5.48. The van der Waals surface area contributed by atoms with Crippen LogP contribution in [0.3, 0.4) is 0 Å². The summed E-state index contributed by atoms with van der Waals surface area (Å²) < 4.78 is 0. The average molecular weight is 404 g/mol. The molecule has 0 bridgehead atoms. The minimum Gasteiger partial charge on any atom is -0.352 e. The molecule has 0 aliphatic carbocycles. The van der Waals surface area contributed by atoms with E-state index in [1.54, 1.807) is 0 Å². The zero-order valence-electron chi connectivity index (χ0n) is 17.2. The molecule has 2 saturated heterocycles. The van der Waals surface area contributed by atoms with Gasteiger partial charge in [-0.15, -0.1) is 11.8 Å². The number of thioether (sulfide) groups is 1. The summed E-state index contributed by atoms with van der Waals surface area (Å²) in [6.45, 7) is 7.70. The molecule has 0 aromatic heterocycles. The first-order valence-electron chi connectivity index (χ1n) is 10.5. The Morgan fingerprint density at radius 3 is 2.50 bits per heavy atom. The van der Waals surface area contributed by atoms with Crippen LogP contribution in [0.1, 0.15) is 57.9 Å². The lowest BCUT2D eigenvalue weighted by Crippen LogP contribution is -2.55. The second-order valence-electron chi connectivity index (χ2n) is 8.02. The molecule has 3 atom stereocenters. The van der Waals surface area contributed by atoms with E-state index in [0.717, 1.165) is 50.1 Å². The number of nitrogens with one attached hydrogen (secondary N) is 2. The number of likely N-dealkylation sites (tertiary alicyclic amines) is 1. The summed E-state index contributed by atoms with van der Waals surface area (Å²) in [6, 6.07) is 10.2. The Kier molecular flexibility index (Phi) is 7.05. The summed E-state index contributed by atoms with van der Waals surface area (Å²) in [4.78, 5) is 27.5. The molecule has 2 N–H and O–H groups in total. The SMILES string of the molecule is CCC(C)NC(=O)C1CSC2(CCN(C(=O)C(CC)c3ccccc3)CC2)N1. The smallest absolute Gasteiger partial charge is 0.238 e. The largest absolute Gasteiger partial charge is 0.352 e. The van der Waals surface area contributed by atoms with Gasteiger partial charge in [0.2, 0.25) is 11.8 Å². The highest BCUT2D eigenvalue weighted by molar-refractivity contribution is 8.01. The minimum atomic E-state index is -0.131. The molecule has 1 aromatic rings.